The van der Waals surface area contributed by atoms with Crippen molar-refractivity contribution in [3.8, 4) is 0 Å². The Labute approximate surface area is 101 Å². The third-order valence-corrected chi connectivity index (χ3v) is 2.86. The summed E-state index contributed by atoms with van der Waals surface area (Å²) in [5.41, 5.74) is 1.13. The van der Waals surface area contributed by atoms with Gasteiger partial charge < -0.3 is 10.6 Å². The average molecular weight is 234 g/mol. The molecule has 0 bridgehead atoms. The summed E-state index contributed by atoms with van der Waals surface area (Å²) in [5.74, 6) is 0.995. The second-order valence-electron chi connectivity index (χ2n) is 4.18. The summed E-state index contributed by atoms with van der Waals surface area (Å²) in [4.78, 5) is 17.9. The molecule has 0 radical (unpaired) electrons. The van der Waals surface area contributed by atoms with Crippen LogP contribution in [0, 0.1) is 0 Å². The molecule has 1 saturated heterocycles. The second-order valence-corrected chi connectivity index (χ2v) is 4.18. The quantitative estimate of drug-likeness (QED) is 0.797. The molecule has 17 heavy (non-hydrogen) atoms. The van der Waals surface area contributed by atoms with Crippen molar-refractivity contribution in [2.45, 2.75) is 13.0 Å². The van der Waals surface area contributed by atoms with Crippen LogP contribution in [-0.2, 0) is 11.3 Å². The molecule has 1 aromatic heterocycles. The molecule has 5 heteroatoms. The molecule has 1 amide bonds. The van der Waals surface area contributed by atoms with Crippen molar-refractivity contribution in [3.63, 3.8) is 0 Å². The van der Waals surface area contributed by atoms with E-state index in [4.69, 9.17) is 0 Å². The van der Waals surface area contributed by atoms with E-state index in [-0.39, 0.29) is 5.91 Å². The zero-order valence-electron chi connectivity index (χ0n) is 10.1. The number of aromatic nitrogens is 1. The number of anilines is 1. The molecule has 1 fully saturated rings. The van der Waals surface area contributed by atoms with E-state index in [9.17, 15) is 4.79 Å². The van der Waals surface area contributed by atoms with Gasteiger partial charge in [-0.2, -0.15) is 0 Å². The molecule has 5 nitrogen and oxygen atoms in total. The van der Waals surface area contributed by atoms with E-state index in [0.29, 0.717) is 6.54 Å². The Morgan fingerprint density at radius 3 is 3.29 bits per heavy atom. The van der Waals surface area contributed by atoms with E-state index >= 15 is 0 Å². The fraction of sp³-hybridized carbons (Fsp3) is 0.500. The third kappa shape index (κ3) is 3.17. The number of nitrogens with one attached hydrogen (secondary N) is 2. The van der Waals surface area contributed by atoms with E-state index in [1.807, 2.05) is 19.2 Å². The van der Waals surface area contributed by atoms with Gasteiger partial charge in [0.2, 0.25) is 5.91 Å². The summed E-state index contributed by atoms with van der Waals surface area (Å²) in [7, 11) is 1.86. The normalized spacial score (nSPS) is 17.4. The van der Waals surface area contributed by atoms with Crippen LogP contribution in [0.5, 0.6) is 0 Å². The number of nitrogens with zero attached hydrogens (tertiary/aromatic N) is 2. The highest BCUT2D eigenvalue weighted by molar-refractivity contribution is 5.78. The number of carbonyl (C=O) groups excluding carboxylic acids is 1. The average Bonchev–Trinajstić information content (AvgIpc) is 2.54. The van der Waals surface area contributed by atoms with Crippen molar-refractivity contribution >= 4 is 11.7 Å². The predicted octanol–water partition coefficient (Wildman–Crippen LogP) is 0.445. The fourth-order valence-electron chi connectivity index (χ4n) is 2.04. The van der Waals surface area contributed by atoms with Gasteiger partial charge in [-0.3, -0.25) is 9.69 Å². The lowest BCUT2D eigenvalue weighted by Crippen LogP contribution is -2.32. The molecule has 0 spiro atoms. The predicted molar refractivity (Wildman–Crippen MR) is 66.7 cm³/mol. The number of hydrogen-bond donors (Lipinski definition) is 2. The standard InChI is InChI=1S/C12H18N4O/c1-13-12-10(4-2-5-15-12)8-16-7-3-6-14-11(17)9-16/h2,4-5H,3,6-9H2,1H3,(H,13,15)(H,14,17). The first-order valence-electron chi connectivity index (χ1n) is 5.90. The minimum absolute atomic E-state index is 0.109. The molecule has 0 unspecified atom stereocenters. The van der Waals surface area contributed by atoms with E-state index in [1.165, 1.54) is 0 Å². The first-order chi connectivity index (χ1) is 8.29. The summed E-state index contributed by atoms with van der Waals surface area (Å²) >= 11 is 0. The number of carbonyl (C=O) groups is 1. The largest absolute Gasteiger partial charge is 0.373 e. The van der Waals surface area contributed by atoms with Gasteiger partial charge in [0.25, 0.3) is 0 Å². The van der Waals surface area contributed by atoms with Crippen molar-refractivity contribution in [3.05, 3.63) is 23.9 Å². The van der Waals surface area contributed by atoms with Crippen LogP contribution < -0.4 is 10.6 Å². The smallest absolute Gasteiger partial charge is 0.234 e. The molecule has 2 heterocycles. The molecule has 92 valence electrons. The number of rotatable bonds is 3. The molecule has 1 aliphatic rings. The lowest BCUT2D eigenvalue weighted by Gasteiger charge is -2.19. The van der Waals surface area contributed by atoms with Gasteiger partial charge in [-0.15, -0.1) is 0 Å². The molecular weight excluding hydrogens is 216 g/mol. The van der Waals surface area contributed by atoms with Gasteiger partial charge in [-0.25, -0.2) is 4.98 Å². The maximum absolute atomic E-state index is 11.5. The van der Waals surface area contributed by atoms with Gasteiger partial charge in [0, 0.05) is 38.4 Å². The summed E-state index contributed by atoms with van der Waals surface area (Å²) < 4.78 is 0. The van der Waals surface area contributed by atoms with Crippen molar-refractivity contribution < 1.29 is 4.79 Å². The minimum atomic E-state index is 0.109. The molecule has 2 rings (SSSR count). The maximum atomic E-state index is 11.5. The lowest BCUT2D eigenvalue weighted by molar-refractivity contribution is -0.121. The van der Waals surface area contributed by atoms with Crippen LogP contribution in [-0.4, -0.2) is 42.5 Å². The van der Waals surface area contributed by atoms with Crippen LogP contribution in [0.2, 0.25) is 0 Å². The molecule has 0 saturated carbocycles. The number of amides is 1. The molecular formula is C12H18N4O. The van der Waals surface area contributed by atoms with Gasteiger partial charge in [-0.05, 0) is 12.5 Å². The zero-order chi connectivity index (χ0) is 12.1. The van der Waals surface area contributed by atoms with Crippen molar-refractivity contribution in [2.75, 3.05) is 32.0 Å². The Kier molecular flexibility index (Phi) is 3.93. The summed E-state index contributed by atoms with van der Waals surface area (Å²) in [6.07, 6.45) is 2.77. The first-order valence-corrected chi connectivity index (χ1v) is 5.90. The molecule has 1 aromatic rings. The van der Waals surface area contributed by atoms with Crippen molar-refractivity contribution in [1.29, 1.82) is 0 Å². The first kappa shape index (κ1) is 11.9. The van der Waals surface area contributed by atoms with Crippen LogP contribution in [0.4, 0.5) is 5.82 Å². The zero-order valence-corrected chi connectivity index (χ0v) is 10.1. The number of hydrogen-bond acceptors (Lipinski definition) is 4. The number of pyridine rings is 1. The van der Waals surface area contributed by atoms with Crippen molar-refractivity contribution in [2.24, 2.45) is 0 Å². The summed E-state index contributed by atoms with van der Waals surface area (Å²) in [6.45, 7) is 2.95. The van der Waals surface area contributed by atoms with Gasteiger partial charge in [0.1, 0.15) is 5.82 Å². The van der Waals surface area contributed by atoms with Crippen LogP contribution in [0.25, 0.3) is 0 Å². The van der Waals surface area contributed by atoms with E-state index in [2.05, 4.69) is 20.5 Å². The van der Waals surface area contributed by atoms with Crippen LogP contribution in [0.15, 0.2) is 18.3 Å². The van der Waals surface area contributed by atoms with E-state index < -0.39 is 0 Å². The SMILES string of the molecule is CNc1ncccc1CN1CCCNC(=O)C1. The molecule has 0 atom stereocenters. The van der Waals surface area contributed by atoms with Gasteiger partial charge in [-0.1, -0.05) is 6.07 Å². The van der Waals surface area contributed by atoms with E-state index in [0.717, 1.165) is 37.4 Å². The highest BCUT2D eigenvalue weighted by Crippen LogP contribution is 2.14. The van der Waals surface area contributed by atoms with Crippen LogP contribution >= 0.6 is 0 Å². The van der Waals surface area contributed by atoms with Crippen LogP contribution in [0.3, 0.4) is 0 Å². The molecule has 0 aromatic carbocycles. The Balaban J connectivity index is 2.06. The van der Waals surface area contributed by atoms with Crippen molar-refractivity contribution in [1.82, 2.24) is 15.2 Å². The highest BCUT2D eigenvalue weighted by Gasteiger charge is 2.15. The third-order valence-electron chi connectivity index (χ3n) is 2.86. The van der Waals surface area contributed by atoms with Gasteiger partial charge >= 0.3 is 0 Å². The monoisotopic (exact) mass is 234 g/mol. The fourth-order valence-corrected chi connectivity index (χ4v) is 2.04. The molecule has 0 aliphatic carbocycles. The summed E-state index contributed by atoms with van der Waals surface area (Å²) in [5, 5.41) is 5.95. The Bertz CT molecular complexity index is 394. The second kappa shape index (κ2) is 5.63. The Morgan fingerprint density at radius 2 is 2.47 bits per heavy atom. The van der Waals surface area contributed by atoms with Gasteiger partial charge in [0.15, 0.2) is 0 Å². The van der Waals surface area contributed by atoms with Crippen LogP contribution in [0.1, 0.15) is 12.0 Å². The van der Waals surface area contributed by atoms with E-state index in [1.54, 1.807) is 6.20 Å². The maximum Gasteiger partial charge on any atom is 0.234 e. The summed E-state index contributed by atoms with van der Waals surface area (Å²) in [6, 6.07) is 3.97. The minimum Gasteiger partial charge on any atom is -0.373 e. The Hall–Kier alpha value is -1.62. The lowest BCUT2D eigenvalue weighted by atomic mass is 10.2. The molecule has 2 N–H and O–H groups in total. The van der Waals surface area contributed by atoms with Gasteiger partial charge in [0.05, 0.1) is 6.54 Å². The topological polar surface area (TPSA) is 57.3 Å². The highest BCUT2D eigenvalue weighted by atomic mass is 16.2. The molecule has 1 aliphatic heterocycles. The Morgan fingerprint density at radius 1 is 1.59 bits per heavy atom.